The molecule has 5 rings (SSSR count). The number of aryl methyl sites for hydroxylation is 2. The standard InChI is InChI=1S/C30H31N5O5/c1-18(36)34-26-23-14-21(31-16-20-8-7-11-25(38-2)28(20)39-3)17-33-29(23)35(27(26)30(37)40-4)13-12-19-15-32-24-10-6-5-9-22(19)24/h5-11,14-15,17,31-32H,12-13,16H2,1-4H3,(H,34,36). The molecule has 0 saturated heterocycles. The Morgan fingerprint density at radius 1 is 1.00 bits per heavy atom. The minimum atomic E-state index is -0.559. The summed E-state index contributed by atoms with van der Waals surface area (Å²) in [5.41, 5.74) is 4.93. The summed E-state index contributed by atoms with van der Waals surface area (Å²) in [4.78, 5) is 33.3. The highest BCUT2D eigenvalue weighted by Crippen LogP contribution is 2.34. The van der Waals surface area contributed by atoms with E-state index in [9.17, 15) is 9.59 Å². The predicted molar refractivity (Wildman–Crippen MR) is 154 cm³/mol. The first kappa shape index (κ1) is 26.6. The number of hydrogen-bond donors (Lipinski definition) is 3. The van der Waals surface area contributed by atoms with Crippen LogP contribution in [0.2, 0.25) is 0 Å². The van der Waals surface area contributed by atoms with E-state index in [0.29, 0.717) is 53.4 Å². The molecular weight excluding hydrogens is 510 g/mol. The van der Waals surface area contributed by atoms with Gasteiger partial charge >= 0.3 is 5.97 Å². The largest absolute Gasteiger partial charge is 0.493 e. The molecule has 206 valence electrons. The maximum absolute atomic E-state index is 13.0. The lowest BCUT2D eigenvalue weighted by atomic mass is 10.1. The number of methoxy groups -OCH3 is 3. The second-order valence-electron chi connectivity index (χ2n) is 9.26. The van der Waals surface area contributed by atoms with Gasteiger partial charge < -0.3 is 34.4 Å². The summed E-state index contributed by atoms with van der Waals surface area (Å²) >= 11 is 0. The average molecular weight is 542 g/mol. The summed E-state index contributed by atoms with van der Waals surface area (Å²) in [6.07, 6.45) is 4.32. The Kier molecular flexibility index (Phi) is 7.59. The minimum Gasteiger partial charge on any atom is -0.493 e. The second-order valence-corrected chi connectivity index (χ2v) is 9.26. The van der Waals surface area contributed by atoms with Crippen LogP contribution in [0.15, 0.2) is 60.9 Å². The number of carbonyl (C=O) groups excluding carboxylic acids is 2. The van der Waals surface area contributed by atoms with Gasteiger partial charge in [0.25, 0.3) is 0 Å². The number of fused-ring (bicyclic) bond motifs is 2. The Morgan fingerprint density at radius 3 is 2.58 bits per heavy atom. The van der Waals surface area contributed by atoms with Gasteiger partial charge in [0.05, 0.1) is 38.9 Å². The van der Waals surface area contributed by atoms with Gasteiger partial charge in [-0.1, -0.05) is 30.3 Å². The fraction of sp³-hybridized carbons (Fsp3) is 0.233. The van der Waals surface area contributed by atoms with Gasteiger partial charge in [-0.15, -0.1) is 0 Å². The number of carbonyl (C=O) groups is 2. The topological polar surface area (TPSA) is 120 Å². The third-order valence-electron chi connectivity index (χ3n) is 6.83. The first-order valence-corrected chi connectivity index (χ1v) is 12.8. The number of nitrogens with zero attached hydrogens (tertiary/aromatic N) is 2. The normalized spacial score (nSPS) is 11.0. The molecular formula is C30H31N5O5. The van der Waals surface area contributed by atoms with Gasteiger partial charge in [-0.05, 0) is 30.2 Å². The van der Waals surface area contributed by atoms with E-state index in [1.54, 1.807) is 20.4 Å². The first-order valence-electron chi connectivity index (χ1n) is 12.8. The lowest BCUT2D eigenvalue weighted by molar-refractivity contribution is -0.114. The fourth-order valence-electron chi connectivity index (χ4n) is 5.01. The molecule has 10 heteroatoms. The Balaban J connectivity index is 1.53. The third kappa shape index (κ3) is 5.03. The van der Waals surface area contributed by atoms with Crippen LogP contribution in [0.1, 0.15) is 28.5 Å². The summed E-state index contributed by atoms with van der Waals surface area (Å²) in [7, 11) is 4.52. The number of aromatic amines is 1. The molecule has 5 aromatic rings. The van der Waals surface area contributed by atoms with Crippen LogP contribution in [0.4, 0.5) is 11.4 Å². The van der Waals surface area contributed by atoms with Crippen molar-refractivity contribution in [3.8, 4) is 11.5 Å². The number of rotatable bonds is 10. The number of hydrogen-bond acceptors (Lipinski definition) is 7. The summed E-state index contributed by atoms with van der Waals surface area (Å²) in [5, 5.41) is 7.94. The third-order valence-corrected chi connectivity index (χ3v) is 6.83. The van der Waals surface area contributed by atoms with Crippen LogP contribution in [0.25, 0.3) is 21.9 Å². The van der Waals surface area contributed by atoms with Crippen molar-refractivity contribution in [2.24, 2.45) is 0 Å². The van der Waals surface area contributed by atoms with Gasteiger partial charge in [-0.2, -0.15) is 0 Å². The Hall–Kier alpha value is -4.99. The van der Waals surface area contributed by atoms with Crippen LogP contribution in [-0.4, -0.2) is 47.7 Å². The molecule has 0 aliphatic rings. The van der Waals surface area contributed by atoms with E-state index < -0.39 is 5.97 Å². The van der Waals surface area contributed by atoms with Crippen LogP contribution < -0.4 is 20.1 Å². The number of amides is 1. The first-order chi connectivity index (χ1) is 19.4. The molecule has 0 spiro atoms. The molecule has 3 N–H and O–H groups in total. The van der Waals surface area contributed by atoms with E-state index in [0.717, 1.165) is 22.0 Å². The van der Waals surface area contributed by atoms with Crippen molar-refractivity contribution in [2.75, 3.05) is 32.0 Å². The van der Waals surface area contributed by atoms with Crippen molar-refractivity contribution in [3.63, 3.8) is 0 Å². The number of nitrogens with one attached hydrogen (secondary N) is 3. The average Bonchev–Trinajstić information content (AvgIpc) is 3.52. The molecule has 0 aliphatic heterocycles. The zero-order valence-electron chi connectivity index (χ0n) is 22.8. The molecule has 0 aliphatic carbocycles. The zero-order valence-corrected chi connectivity index (χ0v) is 22.8. The molecule has 0 unspecified atom stereocenters. The zero-order chi connectivity index (χ0) is 28.2. The molecule has 0 fully saturated rings. The maximum atomic E-state index is 13.0. The summed E-state index contributed by atoms with van der Waals surface area (Å²) < 4.78 is 17.9. The Bertz CT molecular complexity index is 1700. The monoisotopic (exact) mass is 541 g/mol. The van der Waals surface area contributed by atoms with Crippen LogP contribution in [-0.2, 0) is 29.0 Å². The SMILES string of the molecule is COC(=O)c1c(NC(C)=O)c2cc(NCc3cccc(OC)c3OC)cnc2n1CCc1c[nH]c2ccccc12. The Morgan fingerprint density at radius 2 is 1.82 bits per heavy atom. The summed E-state index contributed by atoms with van der Waals surface area (Å²) in [6, 6.07) is 15.6. The van der Waals surface area contributed by atoms with Crippen molar-refractivity contribution < 1.29 is 23.8 Å². The fourth-order valence-corrected chi connectivity index (χ4v) is 5.01. The van der Waals surface area contributed by atoms with Crippen molar-refractivity contribution >= 4 is 45.2 Å². The van der Waals surface area contributed by atoms with Gasteiger partial charge in [-0.25, -0.2) is 9.78 Å². The quantitative estimate of drug-likeness (QED) is 0.210. The number of benzene rings is 2. The van der Waals surface area contributed by atoms with Crippen LogP contribution in [0.3, 0.4) is 0 Å². The molecule has 0 bridgehead atoms. The predicted octanol–water partition coefficient (Wildman–Crippen LogP) is 5.13. The van der Waals surface area contributed by atoms with E-state index in [-0.39, 0.29) is 11.6 Å². The second kappa shape index (κ2) is 11.4. The van der Waals surface area contributed by atoms with Gasteiger partial charge in [0.2, 0.25) is 5.91 Å². The highest BCUT2D eigenvalue weighted by atomic mass is 16.5. The lowest BCUT2D eigenvalue weighted by Gasteiger charge is -2.14. The number of aromatic nitrogens is 3. The molecule has 3 aromatic heterocycles. The van der Waals surface area contributed by atoms with E-state index in [1.165, 1.54) is 14.0 Å². The van der Waals surface area contributed by atoms with Crippen molar-refractivity contribution in [3.05, 3.63) is 77.7 Å². The Labute approximate surface area is 231 Å². The van der Waals surface area contributed by atoms with E-state index in [2.05, 4.69) is 21.7 Å². The van der Waals surface area contributed by atoms with Gasteiger partial charge in [0.1, 0.15) is 5.65 Å². The van der Waals surface area contributed by atoms with Gasteiger partial charge in [0, 0.05) is 48.1 Å². The number of esters is 1. The van der Waals surface area contributed by atoms with Crippen LogP contribution >= 0.6 is 0 Å². The number of pyridine rings is 1. The number of anilines is 2. The van der Waals surface area contributed by atoms with E-state index in [4.69, 9.17) is 19.2 Å². The number of ether oxygens (including phenoxy) is 3. The lowest BCUT2D eigenvalue weighted by Crippen LogP contribution is -2.16. The van der Waals surface area contributed by atoms with Crippen LogP contribution in [0, 0.1) is 0 Å². The molecule has 0 saturated carbocycles. The number of para-hydroxylation sites is 2. The van der Waals surface area contributed by atoms with Crippen molar-refractivity contribution in [1.29, 1.82) is 0 Å². The van der Waals surface area contributed by atoms with Gasteiger partial charge in [-0.3, -0.25) is 4.79 Å². The van der Waals surface area contributed by atoms with Crippen LogP contribution in [0.5, 0.6) is 11.5 Å². The molecule has 40 heavy (non-hydrogen) atoms. The summed E-state index contributed by atoms with van der Waals surface area (Å²) in [6.45, 7) is 2.29. The minimum absolute atomic E-state index is 0.242. The van der Waals surface area contributed by atoms with E-state index in [1.807, 2.05) is 53.2 Å². The molecule has 0 atom stereocenters. The number of H-pyrrole nitrogens is 1. The molecule has 1 amide bonds. The van der Waals surface area contributed by atoms with Crippen molar-refractivity contribution in [2.45, 2.75) is 26.4 Å². The summed E-state index contributed by atoms with van der Waals surface area (Å²) in [5.74, 6) is 0.414. The smallest absolute Gasteiger partial charge is 0.356 e. The molecule has 3 heterocycles. The van der Waals surface area contributed by atoms with Gasteiger partial charge in [0.15, 0.2) is 17.2 Å². The van der Waals surface area contributed by atoms with Crippen molar-refractivity contribution in [1.82, 2.24) is 14.5 Å². The molecule has 2 aromatic carbocycles. The maximum Gasteiger partial charge on any atom is 0.356 e. The highest BCUT2D eigenvalue weighted by Gasteiger charge is 2.26. The highest BCUT2D eigenvalue weighted by molar-refractivity contribution is 6.11. The van der Waals surface area contributed by atoms with E-state index >= 15 is 0 Å². The molecule has 10 nitrogen and oxygen atoms in total. The molecule has 0 radical (unpaired) electrons.